The largest absolute Gasteiger partial charge is 0.392 e. The molecule has 2 atom stereocenters. The van der Waals surface area contributed by atoms with Crippen molar-refractivity contribution in [1.82, 2.24) is 4.90 Å². The summed E-state index contributed by atoms with van der Waals surface area (Å²) in [5.41, 5.74) is 3.57. The van der Waals surface area contributed by atoms with Gasteiger partial charge in [0.05, 0.1) is 6.61 Å². The Morgan fingerprint density at radius 3 is 2.85 bits per heavy atom. The molecule has 110 valence electrons. The molecule has 3 heteroatoms. The van der Waals surface area contributed by atoms with Crippen molar-refractivity contribution in [3.8, 4) is 0 Å². The van der Waals surface area contributed by atoms with Crippen molar-refractivity contribution >= 4 is 5.69 Å². The second-order valence-electron chi connectivity index (χ2n) is 6.45. The fourth-order valence-corrected chi connectivity index (χ4v) is 3.94. The number of aliphatic hydroxyl groups excluding tert-OH is 1. The van der Waals surface area contributed by atoms with Crippen molar-refractivity contribution in [2.45, 2.75) is 38.8 Å². The van der Waals surface area contributed by atoms with E-state index in [-0.39, 0.29) is 6.61 Å². The molecule has 0 saturated carbocycles. The summed E-state index contributed by atoms with van der Waals surface area (Å²) in [6.07, 6.45) is 4.00. The maximum atomic E-state index is 9.28. The average molecular weight is 274 g/mol. The van der Waals surface area contributed by atoms with E-state index in [2.05, 4.69) is 42.0 Å². The molecule has 2 unspecified atom stereocenters. The smallest absolute Gasteiger partial charge is 0.0684 e. The van der Waals surface area contributed by atoms with Crippen LogP contribution in [0.15, 0.2) is 18.2 Å². The molecule has 3 nitrogen and oxygen atoms in total. The third-order valence-corrected chi connectivity index (χ3v) is 5.21. The van der Waals surface area contributed by atoms with Gasteiger partial charge in [-0.2, -0.15) is 0 Å². The fraction of sp³-hybridized carbons (Fsp3) is 0.647. The Bertz CT molecular complexity index is 474. The van der Waals surface area contributed by atoms with Crippen LogP contribution in [0, 0.1) is 12.8 Å². The van der Waals surface area contributed by atoms with Crippen molar-refractivity contribution < 1.29 is 5.11 Å². The van der Waals surface area contributed by atoms with Crippen LogP contribution in [0.2, 0.25) is 0 Å². The molecule has 0 bridgehead atoms. The Balaban J connectivity index is 1.74. The van der Waals surface area contributed by atoms with E-state index in [1.165, 1.54) is 43.6 Å². The lowest BCUT2D eigenvalue weighted by Gasteiger charge is -2.46. The van der Waals surface area contributed by atoms with Crippen LogP contribution in [0.5, 0.6) is 0 Å². The van der Waals surface area contributed by atoms with Gasteiger partial charge in [0.1, 0.15) is 0 Å². The highest BCUT2D eigenvalue weighted by Gasteiger charge is 2.34. The van der Waals surface area contributed by atoms with Gasteiger partial charge in [-0.25, -0.2) is 0 Å². The molecule has 0 radical (unpaired) electrons. The second kappa shape index (κ2) is 5.74. The van der Waals surface area contributed by atoms with Gasteiger partial charge in [-0.05, 0) is 69.0 Å². The first-order valence-corrected chi connectivity index (χ1v) is 7.84. The quantitative estimate of drug-likeness (QED) is 0.897. The third kappa shape index (κ3) is 2.57. The summed E-state index contributed by atoms with van der Waals surface area (Å²) in [6, 6.07) is 7.27. The zero-order valence-corrected chi connectivity index (χ0v) is 12.7. The van der Waals surface area contributed by atoms with E-state index in [1.807, 2.05) is 0 Å². The zero-order chi connectivity index (χ0) is 14.1. The van der Waals surface area contributed by atoms with Crippen molar-refractivity contribution in [2.75, 3.05) is 31.6 Å². The number of hydrogen-bond donors (Lipinski definition) is 1. The number of aliphatic hydroxyl groups is 1. The highest BCUT2D eigenvalue weighted by Crippen LogP contribution is 2.32. The molecular formula is C17H26N2O. The summed E-state index contributed by atoms with van der Waals surface area (Å²) in [5, 5.41) is 9.28. The van der Waals surface area contributed by atoms with Gasteiger partial charge in [0.15, 0.2) is 0 Å². The monoisotopic (exact) mass is 274 g/mol. The lowest BCUT2D eigenvalue weighted by molar-refractivity contribution is 0.102. The van der Waals surface area contributed by atoms with E-state index in [9.17, 15) is 5.11 Å². The van der Waals surface area contributed by atoms with Gasteiger partial charge in [0.2, 0.25) is 0 Å². The minimum Gasteiger partial charge on any atom is -0.392 e. The van der Waals surface area contributed by atoms with Gasteiger partial charge < -0.3 is 14.9 Å². The summed E-state index contributed by atoms with van der Waals surface area (Å²) in [7, 11) is 2.28. The second-order valence-corrected chi connectivity index (χ2v) is 6.45. The molecule has 0 spiro atoms. The Hall–Kier alpha value is -1.06. The number of nitrogens with zero attached hydrogens (tertiary/aromatic N) is 2. The molecule has 0 amide bonds. The third-order valence-electron chi connectivity index (χ3n) is 5.21. The maximum absolute atomic E-state index is 9.28. The van der Waals surface area contributed by atoms with Crippen molar-refractivity contribution in [1.29, 1.82) is 0 Å². The van der Waals surface area contributed by atoms with Crippen LogP contribution in [0.3, 0.4) is 0 Å². The van der Waals surface area contributed by atoms with Gasteiger partial charge in [-0.1, -0.05) is 6.07 Å². The molecule has 2 heterocycles. The van der Waals surface area contributed by atoms with Gasteiger partial charge >= 0.3 is 0 Å². The van der Waals surface area contributed by atoms with E-state index in [4.69, 9.17) is 0 Å². The number of piperidine rings is 2. The SMILES string of the molecule is Cc1cc(N2CCC3C(CCCN3C)C2)ccc1CO. The topological polar surface area (TPSA) is 26.7 Å². The fourth-order valence-electron chi connectivity index (χ4n) is 3.94. The van der Waals surface area contributed by atoms with Gasteiger partial charge in [0, 0.05) is 24.8 Å². The number of aryl methyl sites for hydroxylation is 1. The summed E-state index contributed by atoms with van der Waals surface area (Å²) in [4.78, 5) is 5.10. The first-order chi connectivity index (χ1) is 9.69. The van der Waals surface area contributed by atoms with Crippen LogP contribution in [-0.4, -0.2) is 42.7 Å². The molecule has 2 fully saturated rings. The standard InChI is InChI=1S/C17H26N2O/c1-13-10-16(6-5-15(13)12-20)19-9-7-17-14(11-19)4-3-8-18(17)2/h5-6,10,14,17,20H,3-4,7-9,11-12H2,1-2H3. The Morgan fingerprint density at radius 1 is 1.25 bits per heavy atom. The van der Waals surface area contributed by atoms with Crippen LogP contribution in [0.1, 0.15) is 30.4 Å². The molecule has 3 rings (SSSR count). The predicted octanol–water partition coefficient (Wildman–Crippen LogP) is 2.41. The Morgan fingerprint density at radius 2 is 2.10 bits per heavy atom. The van der Waals surface area contributed by atoms with Crippen molar-refractivity contribution in [2.24, 2.45) is 5.92 Å². The first-order valence-electron chi connectivity index (χ1n) is 7.84. The molecule has 2 saturated heterocycles. The minimum atomic E-state index is 0.140. The summed E-state index contributed by atoms with van der Waals surface area (Å²) in [6.45, 7) is 5.85. The van der Waals surface area contributed by atoms with Crippen molar-refractivity contribution in [3.63, 3.8) is 0 Å². The lowest BCUT2D eigenvalue weighted by atomic mass is 9.84. The van der Waals surface area contributed by atoms with E-state index in [0.29, 0.717) is 0 Å². The van der Waals surface area contributed by atoms with Crippen LogP contribution in [0.25, 0.3) is 0 Å². The lowest BCUT2D eigenvalue weighted by Crippen LogP contribution is -2.52. The van der Waals surface area contributed by atoms with Crippen LogP contribution in [-0.2, 0) is 6.61 Å². The molecule has 0 aromatic heterocycles. The highest BCUT2D eigenvalue weighted by atomic mass is 16.3. The number of benzene rings is 1. The zero-order valence-electron chi connectivity index (χ0n) is 12.7. The Labute approximate surface area is 122 Å². The first kappa shape index (κ1) is 13.9. The summed E-state index contributed by atoms with van der Waals surface area (Å²) >= 11 is 0. The normalized spacial score (nSPS) is 27.4. The Kier molecular flexibility index (Phi) is 3.99. The molecule has 2 aliphatic heterocycles. The molecule has 0 aliphatic carbocycles. The summed E-state index contributed by atoms with van der Waals surface area (Å²) < 4.78 is 0. The van der Waals surface area contributed by atoms with Crippen molar-refractivity contribution in [3.05, 3.63) is 29.3 Å². The highest BCUT2D eigenvalue weighted by molar-refractivity contribution is 5.51. The molecule has 1 aromatic carbocycles. The molecule has 1 N–H and O–H groups in total. The van der Waals surface area contributed by atoms with Crippen LogP contribution < -0.4 is 4.90 Å². The number of anilines is 1. The van der Waals surface area contributed by atoms with E-state index in [0.717, 1.165) is 24.1 Å². The molecule has 20 heavy (non-hydrogen) atoms. The minimum absolute atomic E-state index is 0.140. The number of rotatable bonds is 2. The van der Waals surface area contributed by atoms with Crippen LogP contribution >= 0.6 is 0 Å². The van der Waals surface area contributed by atoms with E-state index < -0.39 is 0 Å². The average Bonchev–Trinajstić information content (AvgIpc) is 2.47. The predicted molar refractivity (Wildman–Crippen MR) is 83.1 cm³/mol. The van der Waals surface area contributed by atoms with Gasteiger partial charge in [-0.15, -0.1) is 0 Å². The summed E-state index contributed by atoms with van der Waals surface area (Å²) in [5.74, 6) is 0.820. The maximum Gasteiger partial charge on any atom is 0.0684 e. The van der Waals surface area contributed by atoms with E-state index in [1.54, 1.807) is 0 Å². The number of fused-ring (bicyclic) bond motifs is 1. The number of likely N-dealkylation sites (tertiary alicyclic amines) is 1. The van der Waals surface area contributed by atoms with Gasteiger partial charge in [-0.3, -0.25) is 0 Å². The van der Waals surface area contributed by atoms with E-state index >= 15 is 0 Å². The molecule has 1 aromatic rings. The molecule has 2 aliphatic rings. The number of hydrogen-bond acceptors (Lipinski definition) is 3. The molecular weight excluding hydrogens is 248 g/mol. The van der Waals surface area contributed by atoms with Crippen LogP contribution in [0.4, 0.5) is 5.69 Å². The van der Waals surface area contributed by atoms with Gasteiger partial charge in [0.25, 0.3) is 0 Å².